The number of aryl methyl sites for hydroxylation is 2. The zero-order valence-electron chi connectivity index (χ0n) is 12.2. The van der Waals surface area contributed by atoms with Gasteiger partial charge >= 0.3 is 5.97 Å². The number of cyclic esters (lactones) is 1. The van der Waals surface area contributed by atoms with Crippen molar-refractivity contribution >= 4 is 11.8 Å². The van der Waals surface area contributed by atoms with Crippen LogP contribution in [0.2, 0.25) is 0 Å². The molecule has 112 valence electrons. The number of aromatic nitrogens is 2. The Bertz CT molecular complexity index is 835. The van der Waals surface area contributed by atoms with Gasteiger partial charge in [0, 0.05) is 16.8 Å². The summed E-state index contributed by atoms with van der Waals surface area (Å²) in [4.78, 5) is 12.2. The third-order valence-electron chi connectivity index (χ3n) is 4.23. The average Bonchev–Trinajstić information content (AvgIpc) is 3.04. The van der Waals surface area contributed by atoms with Crippen molar-refractivity contribution in [2.75, 3.05) is 11.9 Å². The molecule has 0 bridgehead atoms. The number of rotatable bonds is 1. The summed E-state index contributed by atoms with van der Waals surface area (Å²) in [6, 6.07) is 5.39. The molecule has 1 aromatic carbocycles. The number of anilines is 1. The molecule has 6 heteroatoms. The number of aromatic amines is 1. The van der Waals surface area contributed by atoms with E-state index in [-0.39, 0.29) is 24.2 Å². The molecule has 0 saturated heterocycles. The van der Waals surface area contributed by atoms with Gasteiger partial charge < -0.3 is 15.2 Å². The fourth-order valence-corrected chi connectivity index (χ4v) is 3.20. The summed E-state index contributed by atoms with van der Waals surface area (Å²) < 4.78 is 5.17. The number of hydrogen-bond acceptors (Lipinski definition) is 5. The fraction of sp³-hybridized carbons (Fsp3) is 0.250. The number of nitrogens with one attached hydrogen (secondary N) is 2. The van der Waals surface area contributed by atoms with E-state index in [0.717, 1.165) is 22.5 Å². The van der Waals surface area contributed by atoms with E-state index in [0.29, 0.717) is 17.0 Å². The number of esters is 1. The number of carbonyl (C=O) groups is 1. The summed E-state index contributed by atoms with van der Waals surface area (Å²) in [6.45, 7) is 4.07. The zero-order chi connectivity index (χ0) is 15.4. The second-order valence-corrected chi connectivity index (χ2v) is 5.70. The largest absolute Gasteiger partial charge is 0.508 e. The van der Waals surface area contributed by atoms with Gasteiger partial charge in [-0.1, -0.05) is 17.7 Å². The Labute approximate surface area is 126 Å². The number of carbonyl (C=O) groups excluding carboxylic acids is 1. The van der Waals surface area contributed by atoms with Gasteiger partial charge in [-0.15, -0.1) is 0 Å². The summed E-state index contributed by atoms with van der Waals surface area (Å²) in [5, 5.41) is 20.7. The van der Waals surface area contributed by atoms with Crippen molar-refractivity contribution in [1.82, 2.24) is 10.2 Å². The van der Waals surface area contributed by atoms with Crippen LogP contribution in [0.25, 0.3) is 0 Å². The minimum Gasteiger partial charge on any atom is -0.508 e. The highest BCUT2D eigenvalue weighted by atomic mass is 16.5. The predicted molar refractivity (Wildman–Crippen MR) is 79.6 cm³/mol. The van der Waals surface area contributed by atoms with Crippen LogP contribution in [0.3, 0.4) is 0 Å². The Morgan fingerprint density at radius 2 is 2.18 bits per heavy atom. The van der Waals surface area contributed by atoms with Crippen LogP contribution in [0, 0.1) is 13.8 Å². The van der Waals surface area contributed by atoms with E-state index in [1.54, 1.807) is 6.07 Å². The number of phenolic OH excluding ortho intramolecular Hbond substituents is 1. The van der Waals surface area contributed by atoms with Crippen LogP contribution in [-0.2, 0) is 9.53 Å². The maximum absolute atomic E-state index is 12.2. The third kappa shape index (κ3) is 1.67. The highest BCUT2D eigenvalue weighted by Crippen LogP contribution is 2.47. The second-order valence-electron chi connectivity index (χ2n) is 5.70. The molecule has 0 radical (unpaired) electrons. The van der Waals surface area contributed by atoms with Crippen LogP contribution < -0.4 is 5.32 Å². The molecule has 1 aromatic heterocycles. The summed E-state index contributed by atoms with van der Waals surface area (Å²) in [5.74, 6) is 0.121. The molecule has 0 aliphatic carbocycles. The van der Waals surface area contributed by atoms with Crippen LogP contribution in [0.4, 0.5) is 5.82 Å². The lowest BCUT2D eigenvalue weighted by Gasteiger charge is -2.25. The Kier molecular flexibility index (Phi) is 2.57. The maximum atomic E-state index is 12.2. The zero-order valence-corrected chi connectivity index (χ0v) is 12.2. The summed E-state index contributed by atoms with van der Waals surface area (Å²) in [6.07, 6.45) is 0. The lowest BCUT2D eigenvalue weighted by atomic mass is 9.81. The van der Waals surface area contributed by atoms with Gasteiger partial charge in [0.05, 0.1) is 17.2 Å². The Balaban J connectivity index is 2.00. The lowest BCUT2D eigenvalue weighted by molar-refractivity contribution is -0.136. The highest BCUT2D eigenvalue weighted by Gasteiger charge is 2.41. The molecule has 1 unspecified atom stereocenters. The first-order valence-electron chi connectivity index (χ1n) is 7.08. The van der Waals surface area contributed by atoms with E-state index in [2.05, 4.69) is 15.5 Å². The average molecular weight is 297 g/mol. The molecule has 22 heavy (non-hydrogen) atoms. The topological polar surface area (TPSA) is 87.2 Å². The molecular weight excluding hydrogens is 282 g/mol. The number of ether oxygens (including phenoxy) is 1. The monoisotopic (exact) mass is 297 g/mol. The Morgan fingerprint density at radius 3 is 3.00 bits per heavy atom. The highest BCUT2D eigenvalue weighted by molar-refractivity contribution is 5.97. The predicted octanol–water partition coefficient (Wildman–Crippen LogP) is 2.10. The first-order valence-corrected chi connectivity index (χ1v) is 7.08. The third-order valence-corrected chi connectivity index (χ3v) is 4.23. The van der Waals surface area contributed by atoms with Crippen molar-refractivity contribution in [3.63, 3.8) is 0 Å². The van der Waals surface area contributed by atoms with Gasteiger partial charge in [0.2, 0.25) is 0 Å². The van der Waals surface area contributed by atoms with Gasteiger partial charge in [0.15, 0.2) is 5.82 Å². The number of aromatic hydroxyl groups is 1. The fourth-order valence-electron chi connectivity index (χ4n) is 3.20. The van der Waals surface area contributed by atoms with Gasteiger partial charge in [-0.2, -0.15) is 5.10 Å². The number of hydrogen-bond donors (Lipinski definition) is 3. The van der Waals surface area contributed by atoms with E-state index in [4.69, 9.17) is 4.74 Å². The number of phenols is 1. The van der Waals surface area contributed by atoms with Crippen molar-refractivity contribution in [2.45, 2.75) is 19.8 Å². The van der Waals surface area contributed by atoms with Crippen LogP contribution in [0.5, 0.6) is 5.75 Å². The van der Waals surface area contributed by atoms with E-state index in [1.165, 1.54) is 0 Å². The molecule has 2 aliphatic heterocycles. The van der Waals surface area contributed by atoms with E-state index >= 15 is 0 Å². The van der Waals surface area contributed by atoms with E-state index in [1.807, 2.05) is 26.0 Å². The molecule has 0 amide bonds. The number of H-pyrrole nitrogens is 1. The van der Waals surface area contributed by atoms with Crippen LogP contribution >= 0.6 is 0 Å². The quantitative estimate of drug-likeness (QED) is 0.702. The van der Waals surface area contributed by atoms with Crippen molar-refractivity contribution in [1.29, 1.82) is 0 Å². The van der Waals surface area contributed by atoms with Crippen LogP contribution in [-0.4, -0.2) is 27.9 Å². The molecular formula is C16H15N3O3. The van der Waals surface area contributed by atoms with Crippen molar-refractivity contribution < 1.29 is 14.6 Å². The van der Waals surface area contributed by atoms with Crippen LogP contribution in [0.1, 0.15) is 28.3 Å². The van der Waals surface area contributed by atoms with E-state index in [9.17, 15) is 9.90 Å². The summed E-state index contributed by atoms with van der Waals surface area (Å²) in [5.41, 5.74) is 4.71. The Morgan fingerprint density at radius 1 is 1.36 bits per heavy atom. The normalized spacial score (nSPS) is 19.5. The molecule has 1 atom stereocenters. The molecule has 3 N–H and O–H groups in total. The standard InChI is InChI=1S/C16H15N3O3/c1-7-3-4-11(20)9(5-7)13-12-8(2)18-19-15(12)17-10-6-22-16(21)14(10)13/h3-5,13,20H,6H2,1-2H3,(H2,17,18,19). The number of nitrogens with zero attached hydrogens (tertiary/aromatic N) is 1. The first kappa shape index (κ1) is 12.9. The SMILES string of the molecule is Cc1ccc(O)c(C2C3=C(COC3=O)Nc3n[nH]c(C)c32)c1. The minimum absolute atomic E-state index is 0.163. The summed E-state index contributed by atoms with van der Waals surface area (Å²) in [7, 11) is 0. The molecule has 0 saturated carbocycles. The van der Waals surface area contributed by atoms with Gasteiger partial charge in [-0.3, -0.25) is 5.10 Å². The lowest BCUT2D eigenvalue weighted by Crippen LogP contribution is -2.20. The second kappa shape index (κ2) is 4.37. The molecule has 4 rings (SSSR count). The minimum atomic E-state index is -0.375. The first-order chi connectivity index (χ1) is 10.6. The Hall–Kier alpha value is -2.76. The van der Waals surface area contributed by atoms with Gasteiger partial charge in [0.1, 0.15) is 12.4 Å². The smallest absolute Gasteiger partial charge is 0.337 e. The van der Waals surface area contributed by atoms with Gasteiger partial charge in [-0.05, 0) is 19.9 Å². The number of fused-ring (bicyclic) bond motifs is 1. The van der Waals surface area contributed by atoms with Gasteiger partial charge in [0.25, 0.3) is 0 Å². The molecule has 2 aromatic rings. The molecule has 0 fully saturated rings. The molecule has 6 nitrogen and oxygen atoms in total. The van der Waals surface area contributed by atoms with E-state index < -0.39 is 0 Å². The molecule has 3 heterocycles. The molecule has 0 spiro atoms. The van der Waals surface area contributed by atoms with Crippen molar-refractivity contribution in [3.8, 4) is 5.75 Å². The maximum Gasteiger partial charge on any atom is 0.337 e. The van der Waals surface area contributed by atoms with Gasteiger partial charge in [-0.25, -0.2) is 4.79 Å². The molecule has 2 aliphatic rings. The summed E-state index contributed by atoms with van der Waals surface area (Å²) >= 11 is 0. The number of benzene rings is 1. The van der Waals surface area contributed by atoms with Crippen LogP contribution in [0.15, 0.2) is 29.5 Å². The van der Waals surface area contributed by atoms with Crippen molar-refractivity contribution in [3.05, 3.63) is 51.9 Å². The van der Waals surface area contributed by atoms with Crippen molar-refractivity contribution in [2.24, 2.45) is 0 Å².